The Hall–Kier alpha value is 0.110. The van der Waals surface area contributed by atoms with Crippen LogP contribution in [0.15, 0.2) is 0 Å². The minimum Gasteiger partial charge on any atom is -0.394 e. The Morgan fingerprint density at radius 2 is 1.87 bits per heavy atom. The van der Waals surface area contributed by atoms with E-state index in [1.807, 2.05) is 0 Å². The summed E-state index contributed by atoms with van der Waals surface area (Å²) in [5.74, 6) is 0. The van der Waals surface area contributed by atoms with Gasteiger partial charge in [0.1, 0.15) is 30.6 Å². The molecule has 1 saturated heterocycles. The van der Waals surface area contributed by atoms with Crippen LogP contribution < -0.4 is 5.32 Å². The second-order valence-corrected chi connectivity index (χ2v) is 4.37. The second kappa shape index (κ2) is 5.44. The third-order valence-electron chi connectivity index (χ3n) is 2.30. The maximum absolute atomic E-state index is 9.56. The first-order chi connectivity index (χ1) is 6.97. The highest BCUT2D eigenvalue weighted by atomic mass is 32.1. The van der Waals surface area contributed by atoms with E-state index in [1.165, 1.54) is 0 Å². The lowest BCUT2D eigenvalue weighted by atomic mass is 9.98. The molecule has 1 heterocycles. The predicted octanol–water partition coefficient (Wildman–Crippen LogP) is -2.35. The lowest BCUT2D eigenvalue weighted by Crippen LogP contribution is -2.63. The Labute approximate surface area is 93.3 Å². The highest BCUT2D eigenvalue weighted by Crippen LogP contribution is 2.20. The molecule has 0 bridgehead atoms. The molecule has 0 amide bonds. The molecule has 0 aliphatic carbocycles. The van der Waals surface area contributed by atoms with Crippen molar-refractivity contribution in [1.82, 2.24) is 5.32 Å². The van der Waals surface area contributed by atoms with Gasteiger partial charge in [-0.2, -0.15) is 12.6 Å². The van der Waals surface area contributed by atoms with Crippen molar-refractivity contribution >= 4 is 12.6 Å². The lowest BCUT2D eigenvalue weighted by molar-refractivity contribution is -0.236. The number of aliphatic hydroxyl groups is 4. The van der Waals surface area contributed by atoms with E-state index in [2.05, 4.69) is 17.9 Å². The molecule has 0 aromatic rings. The van der Waals surface area contributed by atoms with Crippen LogP contribution in [0.2, 0.25) is 0 Å². The summed E-state index contributed by atoms with van der Waals surface area (Å²) in [6.07, 6.45) is -5.66. The molecule has 1 fully saturated rings. The van der Waals surface area contributed by atoms with Crippen LogP contribution in [0.3, 0.4) is 0 Å². The largest absolute Gasteiger partial charge is 0.394 e. The van der Waals surface area contributed by atoms with Crippen molar-refractivity contribution < 1.29 is 25.2 Å². The topological polar surface area (TPSA) is 102 Å². The van der Waals surface area contributed by atoms with Crippen LogP contribution in [0.5, 0.6) is 0 Å². The average molecular weight is 239 g/mol. The van der Waals surface area contributed by atoms with Crippen LogP contribution in [0.1, 0.15) is 6.92 Å². The van der Waals surface area contributed by atoms with E-state index < -0.39 is 37.3 Å². The van der Waals surface area contributed by atoms with Gasteiger partial charge in [0.15, 0.2) is 0 Å². The molecule has 7 heteroatoms. The van der Waals surface area contributed by atoms with Gasteiger partial charge in [-0.15, -0.1) is 0 Å². The summed E-state index contributed by atoms with van der Waals surface area (Å²) in [4.78, 5) is 0. The zero-order chi connectivity index (χ0) is 11.6. The molecule has 0 radical (unpaired) electrons. The quantitative estimate of drug-likeness (QED) is 0.244. The second-order valence-electron chi connectivity index (χ2n) is 3.59. The van der Waals surface area contributed by atoms with Crippen molar-refractivity contribution in [2.45, 2.75) is 42.9 Å². The summed E-state index contributed by atoms with van der Waals surface area (Å²) in [5.41, 5.74) is 0. The van der Waals surface area contributed by atoms with Crippen LogP contribution in [-0.4, -0.2) is 63.1 Å². The molecule has 1 aliphatic heterocycles. The van der Waals surface area contributed by atoms with Gasteiger partial charge < -0.3 is 25.2 Å². The molecule has 5 N–H and O–H groups in total. The average Bonchev–Trinajstić information content (AvgIpc) is 2.18. The molecule has 6 atom stereocenters. The molecule has 0 aromatic heterocycles. The predicted molar refractivity (Wildman–Crippen MR) is 55.4 cm³/mol. The van der Waals surface area contributed by atoms with Gasteiger partial charge in [0, 0.05) is 5.37 Å². The molecular formula is C8H17NO5S. The summed E-state index contributed by atoms with van der Waals surface area (Å²) < 4.78 is 5.17. The molecule has 15 heavy (non-hydrogen) atoms. The molecule has 0 saturated carbocycles. The van der Waals surface area contributed by atoms with Gasteiger partial charge in [-0.05, 0) is 6.92 Å². The third-order valence-corrected chi connectivity index (χ3v) is 2.45. The maximum atomic E-state index is 9.56. The summed E-state index contributed by atoms with van der Waals surface area (Å²) in [6, 6.07) is 0. The van der Waals surface area contributed by atoms with Gasteiger partial charge in [0.25, 0.3) is 0 Å². The lowest BCUT2D eigenvalue weighted by Gasteiger charge is -2.40. The van der Waals surface area contributed by atoms with E-state index in [1.54, 1.807) is 6.92 Å². The van der Waals surface area contributed by atoms with Gasteiger partial charge in [0.2, 0.25) is 0 Å². The van der Waals surface area contributed by atoms with E-state index >= 15 is 0 Å². The van der Waals surface area contributed by atoms with E-state index in [0.717, 1.165) is 0 Å². The van der Waals surface area contributed by atoms with E-state index in [0.29, 0.717) is 0 Å². The number of aliphatic hydroxyl groups excluding tert-OH is 4. The SMILES string of the molecule is CC(S)NC1OC(CO)C(O)C(O)C1O. The van der Waals surface area contributed by atoms with Crippen molar-refractivity contribution in [3.8, 4) is 0 Å². The van der Waals surface area contributed by atoms with Gasteiger partial charge >= 0.3 is 0 Å². The standard InChI is InChI=1S/C8H17NO5S/c1-3(15)9-8-7(13)6(12)5(11)4(2-10)14-8/h3-13,15H,2H2,1H3. The number of thiol groups is 1. The fraction of sp³-hybridized carbons (Fsp3) is 1.00. The molecule has 6 nitrogen and oxygen atoms in total. The summed E-state index contributed by atoms with van der Waals surface area (Å²) in [5, 5.41) is 39.9. The van der Waals surface area contributed by atoms with Crippen molar-refractivity contribution in [3.05, 3.63) is 0 Å². The van der Waals surface area contributed by atoms with E-state index in [4.69, 9.17) is 9.84 Å². The molecule has 6 unspecified atom stereocenters. The van der Waals surface area contributed by atoms with Gasteiger partial charge in [-0.25, -0.2) is 0 Å². The van der Waals surface area contributed by atoms with Crippen molar-refractivity contribution in [2.75, 3.05) is 6.61 Å². The zero-order valence-electron chi connectivity index (χ0n) is 8.32. The Morgan fingerprint density at radius 3 is 2.33 bits per heavy atom. The Kier molecular flexibility index (Phi) is 4.78. The number of hydrogen-bond donors (Lipinski definition) is 6. The maximum Gasteiger partial charge on any atom is 0.138 e. The van der Waals surface area contributed by atoms with Gasteiger partial charge in [0.05, 0.1) is 6.61 Å². The summed E-state index contributed by atoms with van der Waals surface area (Å²) >= 11 is 4.05. The van der Waals surface area contributed by atoms with Crippen LogP contribution in [0, 0.1) is 0 Å². The fourth-order valence-corrected chi connectivity index (χ4v) is 1.62. The highest BCUT2D eigenvalue weighted by Gasteiger charge is 2.43. The minimum absolute atomic E-state index is 0.244. The Morgan fingerprint density at radius 1 is 1.27 bits per heavy atom. The molecule has 0 aromatic carbocycles. The van der Waals surface area contributed by atoms with Crippen LogP contribution in [-0.2, 0) is 4.74 Å². The first-order valence-corrected chi connectivity index (χ1v) is 5.23. The summed E-state index contributed by atoms with van der Waals surface area (Å²) in [7, 11) is 0. The molecule has 90 valence electrons. The van der Waals surface area contributed by atoms with Gasteiger partial charge in [-0.1, -0.05) is 0 Å². The molecular weight excluding hydrogens is 222 g/mol. The van der Waals surface area contributed by atoms with Crippen LogP contribution >= 0.6 is 12.6 Å². The van der Waals surface area contributed by atoms with Gasteiger partial charge in [-0.3, -0.25) is 5.32 Å². The highest BCUT2D eigenvalue weighted by molar-refractivity contribution is 7.80. The molecule has 1 aliphatic rings. The number of rotatable bonds is 3. The number of ether oxygens (including phenoxy) is 1. The Bertz CT molecular complexity index is 203. The van der Waals surface area contributed by atoms with E-state index in [-0.39, 0.29) is 5.37 Å². The van der Waals surface area contributed by atoms with E-state index in [9.17, 15) is 15.3 Å². The van der Waals surface area contributed by atoms with Crippen molar-refractivity contribution in [2.24, 2.45) is 0 Å². The summed E-state index contributed by atoms with van der Waals surface area (Å²) in [6.45, 7) is 1.30. The smallest absolute Gasteiger partial charge is 0.138 e. The molecule has 0 spiro atoms. The minimum atomic E-state index is -1.35. The van der Waals surface area contributed by atoms with Crippen molar-refractivity contribution in [1.29, 1.82) is 0 Å². The number of hydrogen-bond acceptors (Lipinski definition) is 7. The third kappa shape index (κ3) is 3.04. The zero-order valence-corrected chi connectivity index (χ0v) is 9.21. The van der Waals surface area contributed by atoms with Crippen molar-refractivity contribution in [3.63, 3.8) is 0 Å². The monoisotopic (exact) mass is 239 g/mol. The first kappa shape index (κ1) is 13.2. The van der Waals surface area contributed by atoms with Crippen LogP contribution in [0.25, 0.3) is 0 Å². The Balaban J connectivity index is 2.65. The number of nitrogens with one attached hydrogen (secondary N) is 1. The van der Waals surface area contributed by atoms with Crippen LogP contribution in [0.4, 0.5) is 0 Å². The first-order valence-electron chi connectivity index (χ1n) is 4.72. The fourth-order valence-electron chi connectivity index (χ4n) is 1.48. The molecule has 1 rings (SSSR count). The normalized spacial score (nSPS) is 44.0.